The number of benzene rings is 1. The van der Waals surface area contributed by atoms with E-state index in [1.54, 1.807) is 0 Å². The standard InChI is InChI=1S/C13H15F2NO/c14-8-6-10(15)13-11(16-9-3-4-9)2-1-5-17-12(13)7-8/h6-7,9,11,16H,1-5H2. The predicted molar refractivity (Wildman–Crippen MR) is 60.0 cm³/mol. The van der Waals surface area contributed by atoms with E-state index in [4.69, 9.17) is 4.74 Å². The fraction of sp³-hybridized carbons (Fsp3) is 0.538. The van der Waals surface area contributed by atoms with E-state index in [0.29, 0.717) is 24.0 Å². The van der Waals surface area contributed by atoms with Gasteiger partial charge in [-0.15, -0.1) is 0 Å². The van der Waals surface area contributed by atoms with Gasteiger partial charge in [0.15, 0.2) is 0 Å². The lowest BCUT2D eigenvalue weighted by Gasteiger charge is -2.18. The van der Waals surface area contributed by atoms with E-state index in [2.05, 4.69) is 5.32 Å². The van der Waals surface area contributed by atoms with Gasteiger partial charge in [0.05, 0.1) is 6.61 Å². The van der Waals surface area contributed by atoms with Crippen LogP contribution in [0, 0.1) is 11.6 Å². The Balaban J connectivity index is 1.97. The van der Waals surface area contributed by atoms with Crippen molar-refractivity contribution in [1.29, 1.82) is 0 Å². The van der Waals surface area contributed by atoms with E-state index in [9.17, 15) is 8.78 Å². The van der Waals surface area contributed by atoms with Crippen LogP contribution < -0.4 is 10.1 Å². The monoisotopic (exact) mass is 239 g/mol. The maximum absolute atomic E-state index is 13.9. The summed E-state index contributed by atoms with van der Waals surface area (Å²) in [6, 6.07) is 2.68. The van der Waals surface area contributed by atoms with Crippen LogP contribution in [0.5, 0.6) is 5.75 Å². The molecule has 1 atom stereocenters. The Labute approximate surface area is 99.0 Å². The summed E-state index contributed by atoms with van der Waals surface area (Å²) in [5.74, 6) is -0.716. The quantitative estimate of drug-likeness (QED) is 0.856. The van der Waals surface area contributed by atoms with Crippen molar-refractivity contribution in [2.24, 2.45) is 0 Å². The molecule has 1 aliphatic heterocycles. The largest absolute Gasteiger partial charge is 0.493 e. The molecule has 1 N–H and O–H groups in total. The Morgan fingerprint density at radius 1 is 1.18 bits per heavy atom. The molecule has 1 fully saturated rings. The van der Waals surface area contributed by atoms with Crippen LogP contribution in [0.1, 0.15) is 37.3 Å². The van der Waals surface area contributed by atoms with Gasteiger partial charge in [-0.2, -0.15) is 0 Å². The minimum absolute atomic E-state index is 0.0411. The number of hydrogen-bond donors (Lipinski definition) is 1. The number of hydrogen-bond acceptors (Lipinski definition) is 2. The number of halogens is 2. The highest BCUT2D eigenvalue weighted by molar-refractivity contribution is 5.38. The minimum Gasteiger partial charge on any atom is -0.493 e. The second kappa shape index (κ2) is 4.26. The van der Waals surface area contributed by atoms with Crippen LogP contribution in [0.4, 0.5) is 8.78 Å². The Morgan fingerprint density at radius 3 is 2.76 bits per heavy atom. The molecule has 3 rings (SSSR count). The molecule has 17 heavy (non-hydrogen) atoms. The van der Waals surface area contributed by atoms with Crippen molar-refractivity contribution >= 4 is 0 Å². The summed E-state index contributed by atoms with van der Waals surface area (Å²) in [5.41, 5.74) is 0.496. The normalized spacial score (nSPS) is 23.8. The van der Waals surface area contributed by atoms with Gasteiger partial charge in [-0.05, 0) is 25.7 Å². The molecule has 1 aromatic carbocycles. The second-order valence-electron chi connectivity index (χ2n) is 4.78. The molecule has 1 aliphatic carbocycles. The van der Waals surface area contributed by atoms with Gasteiger partial charge < -0.3 is 10.1 Å². The lowest BCUT2D eigenvalue weighted by atomic mass is 10.0. The van der Waals surface area contributed by atoms with Crippen LogP contribution in [-0.2, 0) is 0 Å². The van der Waals surface area contributed by atoms with Crippen molar-refractivity contribution < 1.29 is 13.5 Å². The van der Waals surface area contributed by atoms with Crippen molar-refractivity contribution in [3.63, 3.8) is 0 Å². The van der Waals surface area contributed by atoms with E-state index in [0.717, 1.165) is 31.7 Å². The van der Waals surface area contributed by atoms with Crippen molar-refractivity contribution in [3.8, 4) is 5.75 Å². The molecule has 0 aromatic heterocycles. The molecule has 1 unspecified atom stereocenters. The molecular weight excluding hydrogens is 224 g/mol. The average molecular weight is 239 g/mol. The van der Waals surface area contributed by atoms with Crippen LogP contribution in [0.15, 0.2) is 12.1 Å². The Hall–Kier alpha value is -1.16. The fourth-order valence-corrected chi connectivity index (χ4v) is 2.33. The van der Waals surface area contributed by atoms with Crippen LogP contribution in [-0.4, -0.2) is 12.6 Å². The van der Waals surface area contributed by atoms with Gasteiger partial charge in [0.2, 0.25) is 0 Å². The molecule has 2 aliphatic rings. The Morgan fingerprint density at radius 2 is 2.00 bits per heavy atom. The summed E-state index contributed by atoms with van der Waals surface area (Å²) in [7, 11) is 0. The Bertz CT molecular complexity index is 432. The van der Waals surface area contributed by atoms with Crippen LogP contribution in [0.3, 0.4) is 0 Å². The van der Waals surface area contributed by atoms with E-state index in [-0.39, 0.29) is 6.04 Å². The van der Waals surface area contributed by atoms with Crippen molar-refractivity contribution in [2.45, 2.75) is 37.8 Å². The zero-order valence-corrected chi connectivity index (χ0v) is 9.51. The summed E-state index contributed by atoms with van der Waals surface area (Å²) in [4.78, 5) is 0. The van der Waals surface area contributed by atoms with E-state index in [1.165, 1.54) is 6.07 Å². The Kier molecular flexibility index (Phi) is 2.74. The number of rotatable bonds is 2. The first-order valence-electron chi connectivity index (χ1n) is 6.12. The van der Waals surface area contributed by atoms with Crippen LogP contribution in [0.2, 0.25) is 0 Å². The first kappa shape index (κ1) is 11.0. The first-order valence-corrected chi connectivity index (χ1v) is 6.12. The van der Waals surface area contributed by atoms with E-state index >= 15 is 0 Å². The molecule has 0 saturated heterocycles. The first-order chi connectivity index (χ1) is 8.24. The van der Waals surface area contributed by atoms with Gasteiger partial charge in [0.25, 0.3) is 0 Å². The van der Waals surface area contributed by atoms with Crippen molar-refractivity contribution in [1.82, 2.24) is 5.32 Å². The van der Waals surface area contributed by atoms with E-state index in [1.807, 2.05) is 0 Å². The highest BCUT2D eigenvalue weighted by Crippen LogP contribution is 2.36. The van der Waals surface area contributed by atoms with Gasteiger partial charge in [0, 0.05) is 29.8 Å². The minimum atomic E-state index is -0.576. The summed E-state index contributed by atoms with van der Waals surface area (Å²) >= 11 is 0. The zero-order chi connectivity index (χ0) is 11.8. The number of nitrogens with one attached hydrogen (secondary N) is 1. The van der Waals surface area contributed by atoms with Gasteiger partial charge in [0.1, 0.15) is 17.4 Å². The molecule has 0 amide bonds. The summed E-state index contributed by atoms with van der Waals surface area (Å²) < 4.78 is 32.4. The predicted octanol–water partition coefficient (Wildman–Crippen LogP) is 2.93. The lowest BCUT2D eigenvalue weighted by Crippen LogP contribution is -2.24. The highest BCUT2D eigenvalue weighted by atomic mass is 19.1. The fourth-order valence-electron chi connectivity index (χ4n) is 2.33. The molecule has 0 radical (unpaired) electrons. The van der Waals surface area contributed by atoms with Gasteiger partial charge >= 0.3 is 0 Å². The van der Waals surface area contributed by atoms with Crippen molar-refractivity contribution in [3.05, 3.63) is 29.3 Å². The number of ether oxygens (including phenoxy) is 1. The van der Waals surface area contributed by atoms with Gasteiger partial charge in [-0.1, -0.05) is 0 Å². The molecule has 1 heterocycles. The smallest absolute Gasteiger partial charge is 0.134 e. The van der Waals surface area contributed by atoms with Gasteiger partial charge in [-0.3, -0.25) is 0 Å². The molecule has 0 bridgehead atoms. The average Bonchev–Trinajstić information content (AvgIpc) is 3.06. The second-order valence-corrected chi connectivity index (χ2v) is 4.78. The molecule has 1 saturated carbocycles. The molecule has 4 heteroatoms. The summed E-state index contributed by atoms with van der Waals surface area (Å²) in [6.45, 7) is 0.527. The maximum Gasteiger partial charge on any atom is 0.134 e. The summed E-state index contributed by atoms with van der Waals surface area (Å²) in [6.07, 6.45) is 4.00. The third-order valence-corrected chi connectivity index (χ3v) is 3.31. The SMILES string of the molecule is Fc1cc(F)c2c(c1)OCCCC2NC1CC1. The molecule has 92 valence electrons. The number of fused-ring (bicyclic) bond motifs is 1. The maximum atomic E-state index is 13.9. The molecule has 2 nitrogen and oxygen atoms in total. The van der Waals surface area contributed by atoms with Gasteiger partial charge in [-0.25, -0.2) is 8.78 Å². The van der Waals surface area contributed by atoms with Crippen LogP contribution in [0.25, 0.3) is 0 Å². The third kappa shape index (κ3) is 2.27. The van der Waals surface area contributed by atoms with Crippen LogP contribution >= 0.6 is 0 Å². The lowest BCUT2D eigenvalue weighted by molar-refractivity contribution is 0.313. The molecular formula is C13H15F2NO. The molecule has 0 spiro atoms. The molecule has 1 aromatic rings. The van der Waals surface area contributed by atoms with Crippen molar-refractivity contribution in [2.75, 3.05) is 6.61 Å². The third-order valence-electron chi connectivity index (χ3n) is 3.31. The van der Waals surface area contributed by atoms with E-state index < -0.39 is 11.6 Å². The summed E-state index contributed by atoms with van der Waals surface area (Å²) in [5, 5.41) is 3.41. The highest BCUT2D eigenvalue weighted by Gasteiger charge is 2.30. The topological polar surface area (TPSA) is 21.3 Å². The zero-order valence-electron chi connectivity index (χ0n) is 9.51.